The van der Waals surface area contributed by atoms with Crippen LogP contribution in [0.2, 0.25) is 0 Å². The van der Waals surface area contributed by atoms with Crippen LogP contribution in [0.3, 0.4) is 0 Å². The summed E-state index contributed by atoms with van der Waals surface area (Å²) in [5.74, 6) is 1.15. The fourth-order valence-electron chi connectivity index (χ4n) is 6.03. The van der Waals surface area contributed by atoms with Crippen LogP contribution in [0.4, 0.5) is 0 Å². The zero-order chi connectivity index (χ0) is 17.6. The lowest BCUT2D eigenvalue weighted by molar-refractivity contribution is -0.146. The zero-order valence-electron chi connectivity index (χ0n) is 16.0. The van der Waals surface area contributed by atoms with Crippen LogP contribution in [0.25, 0.3) is 0 Å². The van der Waals surface area contributed by atoms with Crippen LogP contribution in [0.15, 0.2) is 12.2 Å². The van der Waals surface area contributed by atoms with E-state index < -0.39 is 0 Å². The van der Waals surface area contributed by atoms with Crippen molar-refractivity contribution in [3.8, 4) is 0 Å². The fraction of sp³-hybridized carbons (Fsp3) is 0.857. The Kier molecular flexibility index (Phi) is 4.70. The molecule has 2 saturated carbocycles. The Morgan fingerprint density at radius 3 is 2.68 bits per heavy atom. The number of carbonyl (C=O) groups is 1. The highest BCUT2D eigenvalue weighted by atomic mass is 16.6. The van der Waals surface area contributed by atoms with Gasteiger partial charge in [0.1, 0.15) is 6.10 Å². The van der Waals surface area contributed by atoms with E-state index in [4.69, 9.17) is 4.74 Å². The molecule has 2 aliphatic carbocycles. The molecule has 4 aliphatic rings. The largest absolute Gasteiger partial charge is 0.462 e. The number of nitrogens with zero attached hydrogens (tertiary/aromatic N) is 2. The molecule has 25 heavy (non-hydrogen) atoms. The molecule has 0 bridgehead atoms. The number of piperazine rings is 1. The quantitative estimate of drug-likeness (QED) is 0.581. The molecule has 4 nitrogen and oxygen atoms in total. The van der Waals surface area contributed by atoms with Gasteiger partial charge in [0, 0.05) is 38.6 Å². The molecular formula is C21H34N2O2. The van der Waals surface area contributed by atoms with Crippen molar-refractivity contribution in [1.29, 1.82) is 0 Å². The number of rotatable bonds is 3. The van der Waals surface area contributed by atoms with Crippen LogP contribution in [0.5, 0.6) is 0 Å². The minimum absolute atomic E-state index is 0.0702. The molecule has 5 atom stereocenters. The van der Waals surface area contributed by atoms with Gasteiger partial charge >= 0.3 is 5.97 Å². The number of carbonyl (C=O) groups excluding carboxylic acids is 1. The van der Waals surface area contributed by atoms with E-state index in [1.54, 1.807) is 0 Å². The molecule has 4 heteroatoms. The van der Waals surface area contributed by atoms with E-state index in [-0.39, 0.29) is 18.0 Å². The van der Waals surface area contributed by atoms with Crippen molar-refractivity contribution < 1.29 is 9.53 Å². The molecule has 0 unspecified atom stereocenters. The molecule has 4 rings (SSSR count). The number of esters is 1. The third-order valence-electron chi connectivity index (χ3n) is 7.69. The minimum Gasteiger partial charge on any atom is -0.462 e. The summed E-state index contributed by atoms with van der Waals surface area (Å²) in [6, 6.07) is 0. The summed E-state index contributed by atoms with van der Waals surface area (Å²) >= 11 is 0. The lowest BCUT2D eigenvalue weighted by Gasteiger charge is -2.50. The summed E-state index contributed by atoms with van der Waals surface area (Å²) in [7, 11) is 0. The van der Waals surface area contributed by atoms with Gasteiger partial charge < -0.3 is 9.64 Å². The van der Waals surface area contributed by atoms with E-state index in [0.717, 1.165) is 52.1 Å². The van der Waals surface area contributed by atoms with E-state index in [1.807, 2.05) is 0 Å². The van der Waals surface area contributed by atoms with Crippen molar-refractivity contribution in [2.24, 2.45) is 23.2 Å². The Balaban J connectivity index is 1.44. The first kappa shape index (κ1) is 17.5. The molecule has 0 amide bonds. The zero-order valence-corrected chi connectivity index (χ0v) is 16.0. The van der Waals surface area contributed by atoms with E-state index in [2.05, 4.69) is 30.2 Å². The highest BCUT2D eigenvalue weighted by molar-refractivity contribution is 5.75. The van der Waals surface area contributed by atoms with Crippen molar-refractivity contribution in [3.63, 3.8) is 0 Å². The number of hydrogen-bond acceptors (Lipinski definition) is 4. The first-order valence-electron chi connectivity index (χ1n) is 10.3. The van der Waals surface area contributed by atoms with Crippen LogP contribution in [-0.2, 0) is 9.53 Å². The van der Waals surface area contributed by atoms with Gasteiger partial charge in [-0.25, -0.2) is 0 Å². The Morgan fingerprint density at radius 1 is 1.24 bits per heavy atom. The third kappa shape index (κ3) is 3.16. The predicted octanol–water partition coefficient (Wildman–Crippen LogP) is 2.94. The molecule has 2 aliphatic heterocycles. The van der Waals surface area contributed by atoms with Crippen molar-refractivity contribution in [2.45, 2.75) is 52.1 Å². The Bertz CT molecular complexity index is 540. The molecule has 4 fully saturated rings. The summed E-state index contributed by atoms with van der Waals surface area (Å²) in [4.78, 5) is 17.6. The SMILES string of the molecule is C=C1CCC[C@@]2(C)C[C@@H]3OC(=O)[C@@H](CN4CCN(CC)CC4)[C@H]3C[C@@H]12. The maximum absolute atomic E-state index is 12.6. The second-order valence-electron chi connectivity index (χ2n) is 9.14. The molecule has 2 heterocycles. The molecule has 140 valence electrons. The number of likely N-dealkylation sites (N-methyl/N-ethyl adjacent to an activating group) is 1. The number of hydrogen-bond donors (Lipinski definition) is 0. The summed E-state index contributed by atoms with van der Waals surface area (Å²) in [6.07, 6.45) is 6.01. The molecule has 0 aromatic heterocycles. The molecule has 2 saturated heterocycles. The monoisotopic (exact) mass is 346 g/mol. The fourth-order valence-corrected chi connectivity index (χ4v) is 6.03. The molecule has 0 aromatic rings. The average Bonchev–Trinajstić information content (AvgIpc) is 2.88. The van der Waals surface area contributed by atoms with Crippen LogP contribution < -0.4 is 0 Å². The summed E-state index contributed by atoms with van der Waals surface area (Å²) < 4.78 is 5.91. The Labute approximate surface area is 152 Å². The number of fused-ring (bicyclic) bond motifs is 2. The smallest absolute Gasteiger partial charge is 0.310 e. The summed E-state index contributed by atoms with van der Waals surface area (Å²) in [6.45, 7) is 15.5. The normalized spacial score (nSPS) is 42.8. The van der Waals surface area contributed by atoms with Crippen LogP contribution in [0, 0.1) is 23.2 Å². The number of allylic oxidation sites excluding steroid dienone is 1. The molecule has 0 aromatic carbocycles. The first-order valence-corrected chi connectivity index (χ1v) is 10.3. The summed E-state index contributed by atoms with van der Waals surface area (Å²) in [5, 5.41) is 0. The average molecular weight is 347 g/mol. The molecule has 0 spiro atoms. The lowest BCUT2D eigenvalue weighted by Crippen LogP contribution is -2.49. The van der Waals surface area contributed by atoms with E-state index >= 15 is 0 Å². The molecular weight excluding hydrogens is 312 g/mol. The van der Waals surface area contributed by atoms with Crippen LogP contribution in [0.1, 0.15) is 46.0 Å². The summed E-state index contributed by atoms with van der Waals surface area (Å²) in [5.41, 5.74) is 1.74. The van der Waals surface area contributed by atoms with Crippen LogP contribution >= 0.6 is 0 Å². The van der Waals surface area contributed by atoms with E-state index in [9.17, 15) is 4.79 Å². The highest BCUT2D eigenvalue weighted by Gasteiger charge is 2.55. The molecule has 0 radical (unpaired) electrons. The van der Waals surface area contributed by atoms with Crippen molar-refractivity contribution in [2.75, 3.05) is 39.3 Å². The van der Waals surface area contributed by atoms with Gasteiger partial charge in [0.25, 0.3) is 0 Å². The second kappa shape index (κ2) is 6.70. The minimum atomic E-state index is 0.0702. The predicted molar refractivity (Wildman–Crippen MR) is 99.2 cm³/mol. The Hall–Kier alpha value is -0.870. The maximum Gasteiger partial charge on any atom is 0.310 e. The van der Waals surface area contributed by atoms with Gasteiger partial charge in [-0.3, -0.25) is 9.69 Å². The maximum atomic E-state index is 12.6. The van der Waals surface area contributed by atoms with Gasteiger partial charge in [0.05, 0.1) is 5.92 Å². The van der Waals surface area contributed by atoms with Gasteiger partial charge in [-0.1, -0.05) is 26.0 Å². The van der Waals surface area contributed by atoms with E-state index in [0.29, 0.717) is 17.3 Å². The molecule has 0 N–H and O–H groups in total. The second-order valence-corrected chi connectivity index (χ2v) is 9.14. The first-order chi connectivity index (χ1) is 12.0. The van der Waals surface area contributed by atoms with Gasteiger partial charge in [0.15, 0.2) is 0 Å². The number of ether oxygens (including phenoxy) is 1. The lowest BCUT2D eigenvalue weighted by atomic mass is 9.55. The van der Waals surface area contributed by atoms with Crippen molar-refractivity contribution in [1.82, 2.24) is 9.80 Å². The standard InChI is InChI=1S/C21H34N2O2/c1-4-22-8-10-23(11-9-22)14-17-16-12-18-15(2)6-5-7-21(18,3)13-19(16)25-20(17)24/h16-19H,2,4-14H2,1,3H3/t16-,17+,18+,19+,21+/m1/s1. The van der Waals surface area contributed by atoms with Crippen molar-refractivity contribution >= 4 is 5.97 Å². The van der Waals surface area contributed by atoms with Crippen molar-refractivity contribution in [3.05, 3.63) is 12.2 Å². The van der Waals surface area contributed by atoms with Gasteiger partial charge in [-0.2, -0.15) is 0 Å². The Morgan fingerprint density at radius 2 is 1.96 bits per heavy atom. The topological polar surface area (TPSA) is 32.8 Å². The van der Waals surface area contributed by atoms with Crippen LogP contribution in [-0.4, -0.2) is 61.1 Å². The highest BCUT2D eigenvalue weighted by Crippen LogP contribution is 2.56. The van der Waals surface area contributed by atoms with Gasteiger partial charge in [-0.05, 0) is 50.0 Å². The van der Waals surface area contributed by atoms with Gasteiger partial charge in [-0.15, -0.1) is 0 Å². The van der Waals surface area contributed by atoms with Gasteiger partial charge in [0.2, 0.25) is 0 Å². The third-order valence-corrected chi connectivity index (χ3v) is 7.69. The van der Waals surface area contributed by atoms with E-state index in [1.165, 1.54) is 24.8 Å².